The molecule has 0 spiro atoms. The first-order chi connectivity index (χ1) is 9.30. The number of hydrogen-bond acceptors (Lipinski definition) is 2. The summed E-state index contributed by atoms with van der Waals surface area (Å²) in [6, 6.07) is 5.81. The first-order valence-corrected chi connectivity index (χ1v) is 8.36. The minimum Gasteiger partial charge on any atom is -0.486 e. The van der Waals surface area contributed by atoms with E-state index in [-0.39, 0.29) is 11.1 Å². The minimum atomic E-state index is -0.0320. The first kappa shape index (κ1) is 16.1. The van der Waals surface area contributed by atoms with Gasteiger partial charge in [0.15, 0.2) is 0 Å². The number of ether oxygens (including phenoxy) is 1. The van der Waals surface area contributed by atoms with Gasteiger partial charge in [-0.3, -0.25) is 0 Å². The maximum absolute atomic E-state index is 6.25. The molecular weight excluding hydrogens is 338 g/mol. The lowest BCUT2D eigenvalue weighted by Gasteiger charge is -2.43. The number of hydrogen-bond donors (Lipinski definition) is 1. The molecule has 0 aliphatic heterocycles. The number of benzene rings is 1. The van der Waals surface area contributed by atoms with Crippen LogP contribution in [0.3, 0.4) is 0 Å². The van der Waals surface area contributed by atoms with E-state index in [9.17, 15) is 0 Å². The lowest BCUT2D eigenvalue weighted by Crippen LogP contribution is -2.47. The van der Waals surface area contributed by atoms with Gasteiger partial charge in [0.05, 0.1) is 5.02 Å². The number of rotatable bonds is 5. The van der Waals surface area contributed by atoms with Gasteiger partial charge in [0.2, 0.25) is 0 Å². The molecule has 1 saturated carbocycles. The fourth-order valence-electron chi connectivity index (χ4n) is 2.43. The molecule has 0 unspecified atom stereocenters. The summed E-state index contributed by atoms with van der Waals surface area (Å²) < 4.78 is 7.22. The average molecular weight is 361 g/mol. The van der Waals surface area contributed by atoms with Crippen molar-refractivity contribution in [1.29, 1.82) is 0 Å². The van der Waals surface area contributed by atoms with Crippen LogP contribution >= 0.6 is 27.5 Å². The molecule has 4 heteroatoms. The quantitative estimate of drug-likeness (QED) is 0.781. The SMILES string of the molecule is CC(C)(C)NCCC1(Oc2ccc(Br)cc2Cl)CCC1. The number of nitrogens with one attached hydrogen (secondary N) is 1. The highest BCUT2D eigenvalue weighted by Gasteiger charge is 2.39. The van der Waals surface area contributed by atoms with Gasteiger partial charge in [-0.2, -0.15) is 0 Å². The predicted molar refractivity (Wildman–Crippen MR) is 88.7 cm³/mol. The molecule has 0 aromatic heterocycles. The van der Waals surface area contributed by atoms with Crippen LogP contribution in [0.4, 0.5) is 0 Å². The number of halogens is 2. The van der Waals surface area contributed by atoms with Gasteiger partial charge in [-0.1, -0.05) is 27.5 Å². The molecule has 1 fully saturated rings. The van der Waals surface area contributed by atoms with E-state index in [1.165, 1.54) is 6.42 Å². The van der Waals surface area contributed by atoms with Gasteiger partial charge in [-0.15, -0.1) is 0 Å². The van der Waals surface area contributed by atoms with E-state index >= 15 is 0 Å². The zero-order chi connectivity index (χ0) is 14.8. The van der Waals surface area contributed by atoms with Crippen LogP contribution < -0.4 is 10.1 Å². The molecule has 2 nitrogen and oxygen atoms in total. The van der Waals surface area contributed by atoms with E-state index in [4.69, 9.17) is 16.3 Å². The van der Waals surface area contributed by atoms with Crippen molar-refractivity contribution in [2.45, 2.75) is 57.6 Å². The van der Waals surface area contributed by atoms with Crippen LogP contribution in [-0.2, 0) is 0 Å². The Morgan fingerprint density at radius 1 is 1.35 bits per heavy atom. The largest absolute Gasteiger partial charge is 0.486 e. The normalized spacial score (nSPS) is 17.6. The highest BCUT2D eigenvalue weighted by Crippen LogP contribution is 2.41. The minimum absolute atomic E-state index is 0.0320. The molecule has 0 heterocycles. The van der Waals surface area contributed by atoms with Gasteiger partial charge in [0.25, 0.3) is 0 Å². The van der Waals surface area contributed by atoms with Crippen LogP contribution in [0.15, 0.2) is 22.7 Å². The van der Waals surface area contributed by atoms with E-state index in [0.717, 1.165) is 36.0 Å². The van der Waals surface area contributed by atoms with Crippen molar-refractivity contribution in [1.82, 2.24) is 5.32 Å². The Morgan fingerprint density at radius 2 is 2.05 bits per heavy atom. The van der Waals surface area contributed by atoms with Crippen molar-refractivity contribution < 1.29 is 4.74 Å². The van der Waals surface area contributed by atoms with E-state index in [1.807, 2.05) is 18.2 Å². The third-order valence-corrected chi connectivity index (χ3v) is 4.51. The van der Waals surface area contributed by atoms with E-state index < -0.39 is 0 Å². The van der Waals surface area contributed by atoms with Crippen molar-refractivity contribution in [2.24, 2.45) is 0 Å². The summed E-state index contributed by atoms with van der Waals surface area (Å²) in [6.45, 7) is 7.53. The molecule has 1 aromatic rings. The van der Waals surface area contributed by atoms with Crippen molar-refractivity contribution in [3.8, 4) is 5.75 Å². The third-order valence-electron chi connectivity index (χ3n) is 3.72. The smallest absolute Gasteiger partial charge is 0.138 e. The molecular formula is C16H23BrClNO. The molecule has 0 atom stereocenters. The second-order valence-corrected chi connectivity index (χ2v) is 7.96. The Kier molecular flexibility index (Phi) is 5.04. The summed E-state index contributed by atoms with van der Waals surface area (Å²) in [5.74, 6) is 0.797. The Balaban J connectivity index is 1.97. The molecule has 20 heavy (non-hydrogen) atoms. The molecule has 1 aliphatic rings. The zero-order valence-corrected chi connectivity index (χ0v) is 14.8. The maximum Gasteiger partial charge on any atom is 0.138 e. The van der Waals surface area contributed by atoms with Gasteiger partial charge in [-0.25, -0.2) is 0 Å². The average Bonchev–Trinajstić information content (AvgIpc) is 2.27. The zero-order valence-electron chi connectivity index (χ0n) is 12.4. The summed E-state index contributed by atoms with van der Waals surface area (Å²) in [7, 11) is 0. The van der Waals surface area contributed by atoms with Crippen molar-refractivity contribution >= 4 is 27.5 Å². The molecule has 1 N–H and O–H groups in total. The van der Waals surface area contributed by atoms with Gasteiger partial charge in [-0.05, 0) is 71.2 Å². The predicted octanol–water partition coefficient (Wildman–Crippen LogP) is 5.18. The Morgan fingerprint density at radius 3 is 2.55 bits per heavy atom. The van der Waals surface area contributed by atoms with Crippen LogP contribution in [0.2, 0.25) is 5.02 Å². The topological polar surface area (TPSA) is 21.3 Å². The van der Waals surface area contributed by atoms with Crippen LogP contribution in [0.5, 0.6) is 5.75 Å². The van der Waals surface area contributed by atoms with Crippen molar-refractivity contribution in [3.63, 3.8) is 0 Å². The Hall–Kier alpha value is -0.250. The standard InChI is InChI=1S/C16H23BrClNO/c1-15(2,3)19-10-9-16(7-4-8-16)20-14-6-5-12(17)11-13(14)18/h5-6,11,19H,4,7-10H2,1-3H3. The lowest BCUT2D eigenvalue weighted by molar-refractivity contribution is -0.0151. The van der Waals surface area contributed by atoms with Crippen LogP contribution in [0, 0.1) is 0 Å². The van der Waals surface area contributed by atoms with E-state index in [1.54, 1.807) is 0 Å². The maximum atomic E-state index is 6.25. The van der Waals surface area contributed by atoms with Crippen LogP contribution in [0.25, 0.3) is 0 Å². The monoisotopic (exact) mass is 359 g/mol. The van der Waals surface area contributed by atoms with Crippen LogP contribution in [0.1, 0.15) is 46.5 Å². The third kappa shape index (κ3) is 4.37. The van der Waals surface area contributed by atoms with Gasteiger partial charge < -0.3 is 10.1 Å². The fraction of sp³-hybridized carbons (Fsp3) is 0.625. The summed E-state index contributed by atoms with van der Waals surface area (Å²) in [5, 5.41) is 4.21. The Labute approximate surface area is 135 Å². The first-order valence-electron chi connectivity index (χ1n) is 7.19. The Bertz CT molecular complexity index is 466. The second-order valence-electron chi connectivity index (χ2n) is 6.64. The highest BCUT2D eigenvalue weighted by atomic mass is 79.9. The molecule has 0 saturated heterocycles. The second kappa shape index (κ2) is 6.25. The molecule has 112 valence electrons. The van der Waals surface area contributed by atoms with Crippen LogP contribution in [-0.4, -0.2) is 17.7 Å². The van der Waals surface area contributed by atoms with Crippen molar-refractivity contribution in [3.05, 3.63) is 27.7 Å². The molecule has 0 bridgehead atoms. The summed E-state index contributed by atoms with van der Waals surface area (Å²) in [6.07, 6.45) is 4.50. The van der Waals surface area contributed by atoms with E-state index in [0.29, 0.717) is 5.02 Å². The lowest BCUT2D eigenvalue weighted by atomic mass is 9.77. The van der Waals surface area contributed by atoms with Gasteiger partial charge in [0.1, 0.15) is 11.4 Å². The van der Waals surface area contributed by atoms with Gasteiger partial charge in [0, 0.05) is 10.0 Å². The highest BCUT2D eigenvalue weighted by molar-refractivity contribution is 9.10. The molecule has 1 aliphatic carbocycles. The van der Waals surface area contributed by atoms with E-state index in [2.05, 4.69) is 42.0 Å². The summed E-state index contributed by atoms with van der Waals surface area (Å²) in [4.78, 5) is 0. The van der Waals surface area contributed by atoms with Crippen molar-refractivity contribution in [2.75, 3.05) is 6.54 Å². The molecule has 0 radical (unpaired) electrons. The summed E-state index contributed by atoms with van der Waals surface area (Å²) in [5.41, 5.74) is 0.121. The summed E-state index contributed by atoms with van der Waals surface area (Å²) >= 11 is 9.67. The molecule has 1 aromatic carbocycles. The molecule has 0 amide bonds. The molecule has 2 rings (SSSR count). The van der Waals surface area contributed by atoms with Gasteiger partial charge >= 0.3 is 0 Å². The fourth-order valence-corrected chi connectivity index (χ4v) is 3.14.